The van der Waals surface area contributed by atoms with Crippen molar-refractivity contribution in [2.45, 2.75) is 11.3 Å². The van der Waals surface area contributed by atoms with Gasteiger partial charge < -0.3 is 10.1 Å². The number of anilines is 2. The van der Waals surface area contributed by atoms with Crippen molar-refractivity contribution in [1.29, 1.82) is 0 Å². The van der Waals surface area contributed by atoms with Gasteiger partial charge in [-0.05, 0) is 72.7 Å². The van der Waals surface area contributed by atoms with Gasteiger partial charge in [0.25, 0.3) is 15.9 Å². The van der Waals surface area contributed by atoms with Crippen molar-refractivity contribution in [2.24, 2.45) is 0 Å². The van der Waals surface area contributed by atoms with Crippen molar-refractivity contribution >= 4 is 72.2 Å². The van der Waals surface area contributed by atoms with Crippen molar-refractivity contribution in [2.75, 3.05) is 22.8 Å². The molecule has 0 aliphatic carbocycles. The zero-order valence-electron chi connectivity index (χ0n) is 17.6. The van der Waals surface area contributed by atoms with Crippen LogP contribution in [0.2, 0.25) is 5.02 Å². The van der Waals surface area contributed by atoms with Crippen LogP contribution in [0, 0.1) is 0 Å². The monoisotopic (exact) mass is 579 g/mol. The van der Waals surface area contributed by atoms with Crippen LogP contribution in [0.4, 0.5) is 11.4 Å². The molecule has 0 aromatic heterocycles. The van der Waals surface area contributed by atoms with E-state index >= 15 is 0 Å². The lowest BCUT2D eigenvalue weighted by Gasteiger charge is -2.19. The quantitative estimate of drug-likeness (QED) is 0.410. The van der Waals surface area contributed by atoms with Gasteiger partial charge in [0.15, 0.2) is 11.7 Å². The first-order chi connectivity index (χ1) is 16.2. The zero-order valence-corrected chi connectivity index (χ0v) is 21.6. The van der Waals surface area contributed by atoms with Crippen molar-refractivity contribution in [3.05, 3.63) is 81.8 Å². The van der Waals surface area contributed by atoms with Gasteiger partial charge in [0, 0.05) is 16.7 Å². The van der Waals surface area contributed by atoms with E-state index in [9.17, 15) is 13.2 Å². The molecule has 0 atom stereocenters. The van der Waals surface area contributed by atoms with Gasteiger partial charge in [-0.25, -0.2) is 8.42 Å². The largest absolute Gasteiger partial charge is 0.482 e. The molecule has 1 amide bonds. The molecule has 1 aliphatic rings. The molecule has 3 aromatic rings. The number of thiocarbonyl (C=S) groups is 1. The number of rotatable bonds is 6. The van der Waals surface area contributed by atoms with E-state index in [1.54, 1.807) is 30.3 Å². The molecule has 0 radical (unpaired) electrons. The number of benzene rings is 3. The molecular weight excluding hydrogens is 562 g/mol. The Kier molecular flexibility index (Phi) is 7.42. The van der Waals surface area contributed by atoms with Crippen LogP contribution < -0.4 is 19.7 Å². The van der Waals surface area contributed by atoms with Gasteiger partial charge in [-0.1, -0.05) is 45.7 Å². The topological polar surface area (TPSA) is 87.7 Å². The Morgan fingerprint density at radius 1 is 1.12 bits per heavy atom. The molecule has 3 aromatic carbocycles. The third-order valence-corrected chi connectivity index (χ3v) is 7.87. The van der Waals surface area contributed by atoms with E-state index < -0.39 is 15.9 Å². The summed E-state index contributed by atoms with van der Waals surface area (Å²) < 4.78 is 33.8. The maximum absolute atomic E-state index is 13.1. The molecule has 2 N–H and O–H groups in total. The number of sulfonamides is 1. The standard InChI is InChI=1S/C23H19BrClN3O4S2/c24-16-5-10-21(19(25)13-16)32-14-22(29)27-23(33)26-17-6-8-18(9-7-17)34(30,31)28-12-11-15-3-1-2-4-20(15)28/h1-10,13H,11-12,14H2,(H2,26,27,29,33). The summed E-state index contributed by atoms with van der Waals surface area (Å²) in [5.74, 6) is -0.0975. The number of ether oxygens (including phenoxy) is 1. The SMILES string of the molecule is O=C(COc1ccc(Br)cc1Cl)NC(=S)Nc1ccc(S(=O)(=O)N2CCc3ccccc32)cc1. The number of nitrogens with zero attached hydrogens (tertiary/aromatic N) is 1. The van der Waals surface area contributed by atoms with Gasteiger partial charge >= 0.3 is 0 Å². The number of halogens is 2. The summed E-state index contributed by atoms with van der Waals surface area (Å²) >= 11 is 14.5. The molecule has 176 valence electrons. The van der Waals surface area contributed by atoms with Crippen LogP contribution in [0.5, 0.6) is 5.75 Å². The number of para-hydroxylation sites is 1. The number of carbonyl (C=O) groups excluding carboxylic acids is 1. The van der Waals surface area contributed by atoms with Gasteiger partial charge in [-0.2, -0.15) is 0 Å². The van der Waals surface area contributed by atoms with Gasteiger partial charge in [-0.3, -0.25) is 14.4 Å². The first kappa shape index (κ1) is 24.5. The van der Waals surface area contributed by atoms with E-state index in [0.717, 1.165) is 10.0 Å². The highest BCUT2D eigenvalue weighted by Crippen LogP contribution is 2.33. The van der Waals surface area contributed by atoms with E-state index in [0.29, 0.717) is 35.1 Å². The van der Waals surface area contributed by atoms with Crippen molar-refractivity contribution in [3.8, 4) is 5.75 Å². The van der Waals surface area contributed by atoms with Gasteiger partial charge in [0.2, 0.25) is 0 Å². The molecular formula is C23H19BrClN3O4S2. The predicted octanol–water partition coefficient (Wildman–Crippen LogP) is 4.75. The summed E-state index contributed by atoms with van der Waals surface area (Å²) in [6.07, 6.45) is 0.681. The molecule has 0 saturated heterocycles. The summed E-state index contributed by atoms with van der Waals surface area (Å²) in [6.45, 7) is 0.128. The second-order valence-electron chi connectivity index (χ2n) is 7.35. The Balaban J connectivity index is 1.33. The normalized spacial score (nSPS) is 12.7. The van der Waals surface area contributed by atoms with Gasteiger partial charge in [0.1, 0.15) is 5.75 Å². The fraction of sp³-hybridized carbons (Fsp3) is 0.130. The first-order valence-electron chi connectivity index (χ1n) is 10.1. The van der Waals surface area contributed by atoms with E-state index in [2.05, 4.69) is 26.6 Å². The second-order valence-corrected chi connectivity index (χ2v) is 10.9. The third kappa shape index (κ3) is 5.52. The van der Waals surface area contributed by atoms with E-state index in [-0.39, 0.29) is 16.6 Å². The summed E-state index contributed by atoms with van der Waals surface area (Å²) in [7, 11) is -3.68. The molecule has 0 bridgehead atoms. The molecule has 11 heteroatoms. The fourth-order valence-electron chi connectivity index (χ4n) is 3.46. The smallest absolute Gasteiger partial charge is 0.264 e. The second kappa shape index (κ2) is 10.3. The average Bonchev–Trinajstić information content (AvgIpc) is 3.24. The minimum atomic E-state index is -3.68. The first-order valence-corrected chi connectivity index (χ1v) is 13.2. The highest BCUT2D eigenvalue weighted by Gasteiger charge is 2.30. The van der Waals surface area contributed by atoms with Crippen molar-refractivity contribution < 1.29 is 17.9 Å². The molecule has 34 heavy (non-hydrogen) atoms. The van der Waals surface area contributed by atoms with Crippen LogP contribution in [0.1, 0.15) is 5.56 Å². The summed E-state index contributed by atoms with van der Waals surface area (Å²) in [5.41, 5.74) is 2.25. The molecule has 0 unspecified atom stereocenters. The zero-order chi connectivity index (χ0) is 24.3. The third-order valence-electron chi connectivity index (χ3n) is 5.05. The number of amides is 1. The highest BCUT2D eigenvalue weighted by molar-refractivity contribution is 9.10. The van der Waals surface area contributed by atoms with E-state index in [1.165, 1.54) is 16.4 Å². The summed E-state index contributed by atoms with van der Waals surface area (Å²) in [6, 6.07) is 18.7. The molecule has 1 aliphatic heterocycles. The molecule has 4 rings (SSSR count). The van der Waals surface area contributed by atoms with Gasteiger partial charge in [0.05, 0.1) is 15.6 Å². The lowest BCUT2D eigenvalue weighted by molar-refractivity contribution is -0.121. The summed E-state index contributed by atoms with van der Waals surface area (Å²) in [5, 5.41) is 5.79. The van der Waals surface area contributed by atoms with Crippen LogP contribution in [0.15, 0.2) is 76.1 Å². The van der Waals surface area contributed by atoms with Gasteiger partial charge in [-0.15, -0.1) is 0 Å². The number of hydrogen-bond donors (Lipinski definition) is 2. The highest BCUT2D eigenvalue weighted by atomic mass is 79.9. The van der Waals surface area contributed by atoms with Crippen LogP contribution in [-0.4, -0.2) is 32.6 Å². The van der Waals surface area contributed by atoms with Crippen LogP contribution in [0.3, 0.4) is 0 Å². The molecule has 7 nitrogen and oxygen atoms in total. The van der Waals surface area contributed by atoms with Crippen LogP contribution in [-0.2, 0) is 21.2 Å². The van der Waals surface area contributed by atoms with E-state index in [4.69, 9.17) is 28.6 Å². The van der Waals surface area contributed by atoms with Crippen molar-refractivity contribution in [3.63, 3.8) is 0 Å². The number of fused-ring (bicyclic) bond motifs is 1. The molecule has 1 heterocycles. The number of hydrogen-bond acceptors (Lipinski definition) is 5. The maximum Gasteiger partial charge on any atom is 0.264 e. The fourth-order valence-corrected chi connectivity index (χ4v) is 5.92. The Morgan fingerprint density at radius 2 is 1.85 bits per heavy atom. The molecule has 0 fully saturated rings. The minimum Gasteiger partial charge on any atom is -0.482 e. The predicted molar refractivity (Wildman–Crippen MR) is 140 cm³/mol. The Bertz CT molecular complexity index is 1350. The van der Waals surface area contributed by atoms with Crippen molar-refractivity contribution in [1.82, 2.24) is 5.32 Å². The minimum absolute atomic E-state index is 0.0552. The van der Waals surface area contributed by atoms with E-state index in [1.807, 2.05) is 24.3 Å². The Hall–Kier alpha value is -2.66. The number of carbonyl (C=O) groups is 1. The summed E-state index contributed by atoms with van der Waals surface area (Å²) in [4.78, 5) is 12.3. The average molecular weight is 581 g/mol. The Labute approximate surface area is 216 Å². The molecule has 0 spiro atoms. The lowest BCUT2D eigenvalue weighted by atomic mass is 10.2. The Morgan fingerprint density at radius 3 is 2.59 bits per heavy atom. The number of nitrogens with one attached hydrogen (secondary N) is 2. The maximum atomic E-state index is 13.1. The lowest BCUT2D eigenvalue weighted by Crippen LogP contribution is -2.37. The van der Waals surface area contributed by atoms with Crippen LogP contribution >= 0.6 is 39.7 Å². The molecule has 0 saturated carbocycles. The van der Waals surface area contributed by atoms with Crippen LogP contribution in [0.25, 0.3) is 0 Å².